The number of hydrogen-bond acceptors (Lipinski definition) is 3. The van der Waals surface area contributed by atoms with Crippen LogP contribution in [0.15, 0.2) is 136 Å². The second kappa shape index (κ2) is 9.58. The molecule has 9 rings (SSSR count). The quantitative estimate of drug-likeness (QED) is 0.233. The topological polar surface area (TPSA) is 38.3 Å². The molecule has 0 unspecified atom stereocenters. The number of para-hydroxylation sites is 4. The van der Waals surface area contributed by atoms with E-state index < -0.39 is 0 Å². The molecule has 0 saturated carbocycles. The molecular weight excluding hydrogens is 526 g/mol. The number of anilines is 2. The van der Waals surface area contributed by atoms with Gasteiger partial charge in [0.2, 0.25) is 0 Å². The lowest BCUT2D eigenvalue weighted by Crippen LogP contribution is -1.91. The van der Waals surface area contributed by atoms with Crippen LogP contribution < -0.4 is 5.32 Å². The summed E-state index contributed by atoms with van der Waals surface area (Å²) >= 11 is 6.21. The van der Waals surface area contributed by atoms with Crippen LogP contribution in [0.3, 0.4) is 0 Å². The van der Waals surface area contributed by atoms with Gasteiger partial charge in [0, 0.05) is 33.5 Å². The molecule has 6 aromatic carbocycles. The molecular formula is C37H24ClNO2. The van der Waals surface area contributed by atoms with E-state index in [1.54, 1.807) is 0 Å². The van der Waals surface area contributed by atoms with Crippen LogP contribution in [0, 0.1) is 0 Å². The smallest absolute Gasteiger partial charge is 0.158 e. The zero-order valence-electron chi connectivity index (χ0n) is 22.0. The van der Waals surface area contributed by atoms with E-state index in [1.165, 1.54) is 33.0 Å². The molecule has 41 heavy (non-hydrogen) atoms. The van der Waals surface area contributed by atoms with Gasteiger partial charge in [0.05, 0.1) is 16.4 Å². The van der Waals surface area contributed by atoms with Crippen LogP contribution in [0.5, 0.6) is 0 Å². The molecule has 8 aromatic rings. The fraction of sp³-hybridized carbons (Fsp3) is 0.0270. The first kappa shape index (κ1) is 23.9. The van der Waals surface area contributed by atoms with E-state index in [4.69, 9.17) is 20.4 Å². The third kappa shape index (κ3) is 3.97. The SMILES string of the molecule is Clc1ccccc1Nc1cccc2c1oc1ccccc12.c1ccc2c(c1)Cc1c-2ccc2c1oc1ccccc12. The van der Waals surface area contributed by atoms with Crippen LogP contribution in [0.2, 0.25) is 5.02 Å². The lowest BCUT2D eigenvalue weighted by atomic mass is 10.0. The fourth-order valence-corrected chi connectivity index (χ4v) is 6.14. The van der Waals surface area contributed by atoms with Gasteiger partial charge in [-0.15, -0.1) is 0 Å². The van der Waals surface area contributed by atoms with Crippen molar-refractivity contribution in [1.29, 1.82) is 0 Å². The highest BCUT2D eigenvalue weighted by Crippen LogP contribution is 2.43. The molecule has 1 N–H and O–H groups in total. The predicted octanol–water partition coefficient (Wildman–Crippen LogP) is 11.1. The van der Waals surface area contributed by atoms with Crippen molar-refractivity contribution in [2.75, 3.05) is 5.32 Å². The number of furan rings is 2. The summed E-state index contributed by atoms with van der Waals surface area (Å²) in [5.41, 5.74) is 11.0. The Hall–Kier alpha value is -4.99. The predicted molar refractivity (Wildman–Crippen MR) is 170 cm³/mol. The van der Waals surface area contributed by atoms with Crippen molar-refractivity contribution in [3.05, 3.63) is 144 Å². The van der Waals surface area contributed by atoms with Gasteiger partial charge in [-0.1, -0.05) is 103 Å². The summed E-state index contributed by atoms with van der Waals surface area (Å²) in [7, 11) is 0. The van der Waals surface area contributed by atoms with E-state index in [-0.39, 0.29) is 0 Å². The van der Waals surface area contributed by atoms with E-state index >= 15 is 0 Å². The van der Waals surface area contributed by atoms with Gasteiger partial charge in [0.25, 0.3) is 0 Å². The monoisotopic (exact) mass is 549 g/mol. The summed E-state index contributed by atoms with van der Waals surface area (Å²) < 4.78 is 12.1. The average Bonchev–Trinajstić information content (AvgIpc) is 3.70. The summed E-state index contributed by atoms with van der Waals surface area (Å²) in [4.78, 5) is 0. The number of fused-ring (bicyclic) bond motifs is 10. The minimum Gasteiger partial charge on any atom is -0.456 e. The van der Waals surface area contributed by atoms with Crippen molar-refractivity contribution in [2.24, 2.45) is 0 Å². The molecule has 0 atom stereocenters. The van der Waals surface area contributed by atoms with E-state index in [0.717, 1.165) is 50.9 Å². The van der Waals surface area contributed by atoms with Gasteiger partial charge in [-0.2, -0.15) is 0 Å². The van der Waals surface area contributed by atoms with Crippen LogP contribution in [0.25, 0.3) is 55.0 Å². The Balaban J connectivity index is 0.000000125. The van der Waals surface area contributed by atoms with Crippen LogP contribution in [-0.4, -0.2) is 0 Å². The number of rotatable bonds is 2. The molecule has 2 aromatic heterocycles. The third-order valence-electron chi connectivity index (χ3n) is 7.87. The Morgan fingerprint density at radius 3 is 1.90 bits per heavy atom. The first-order valence-electron chi connectivity index (χ1n) is 13.7. The molecule has 0 radical (unpaired) electrons. The molecule has 0 bridgehead atoms. The normalized spacial score (nSPS) is 11.9. The lowest BCUT2D eigenvalue weighted by molar-refractivity contribution is 0.665. The van der Waals surface area contributed by atoms with Gasteiger partial charge in [-0.05, 0) is 53.1 Å². The first-order valence-corrected chi connectivity index (χ1v) is 14.1. The molecule has 0 amide bonds. The molecule has 0 aliphatic heterocycles. The largest absolute Gasteiger partial charge is 0.456 e. The Morgan fingerprint density at radius 2 is 1.10 bits per heavy atom. The van der Waals surface area contributed by atoms with Crippen molar-refractivity contribution >= 4 is 66.9 Å². The molecule has 4 heteroatoms. The third-order valence-corrected chi connectivity index (χ3v) is 8.20. The number of halogens is 1. The highest BCUT2D eigenvalue weighted by molar-refractivity contribution is 6.33. The summed E-state index contributed by atoms with van der Waals surface area (Å²) in [6.07, 6.45) is 0.975. The second-order valence-corrected chi connectivity index (χ2v) is 10.7. The zero-order valence-corrected chi connectivity index (χ0v) is 22.8. The molecule has 2 heterocycles. The van der Waals surface area contributed by atoms with E-state index in [9.17, 15) is 0 Å². The Kier molecular flexibility index (Phi) is 5.58. The maximum Gasteiger partial charge on any atom is 0.158 e. The van der Waals surface area contributed by atoms with E-state index in [1.807, 2.05) is 66.7 Å². The Labute approximate surface area is 241 Å². The maximum absolute atomic E-state index is 6.21. The lowest BCUT2D eigenvalue weighted by Gasteiger charge is -2.08. The van der Waals surface area contributed by atoms with Crippen molar-refractivity contribution in [1.82, 2.24) is 0 Å². The highest BCUT2D eigenvalue weighted by Gasteiger charge is 2.22. The summed E-state index contributed by atoms with van der Waals surface area (Å²) in [6.45, 7) is 0. The van der Waals surface area contributed by atoms with E-state index in [2.05, 4.69) is 66.0 Å². The average molecular weight is 550 g/mol. The van der Waals surface area contributed by atoms with Crippen LogP contribution >= 0.6 is 11.6 Å². The van der Waals surface area contributed by atoms with Crippen molar-refractivity contribution < 1.29 is 8.83 Å². The minimum absolute atomic E-state index is 0.686. The fourth-order valence-electron chi connectivity index (χ4n) is 5.95. The molecule has 1 aliphatic carbocycles. The van der Waals surface area contributed by atoms with Gasteiger partial charge < -0.3 is 14.2 Å². The van der Waals surface area contributed by atoms with Crippen molar-refractivity contribution in [3.63, 3.8) is 0 Å². The van der Waals surface area contributed by atoms with Gasteiger partial charge >= 0.3 is 0 Å². The summed E-state index contributed by atoms with van der Waals surface area (Å²) in [5.74, 6) is 0. The molecule has 1 aliphatic rings. The number of benzene rings is 6. The zero-order chi connectivity index (χ0) is 27.3. The second-order valence-electron chi connectivity index (χ2n) is 10.3. The Morgan fingerprint density at radius 1 is 0.488 bits per heavy atom. The van der Waals surface area contributed by atoms with Crippen LogP contribution in [0.4, 0.5) is 11.4 Å². The van der Waals surface area contributed by atoms with Gasteiger partial charge in [-0.25, -0.2) is 0 Å². The molecule has 0 saturated heterocycles. The summed E-state index contributed by atoms with van der Waals surface area (Å²) in [5, 5.41) is 8.69. The van der Waals surface area contributed by atoms with Crippen LogP contribution in [0.1, 0.15) is 11.1 Å². The van der Waals surface area contributed by atoms with Crippen molar-refractivity contribution in [3.8, 4) is 11.1 Å². The number of hydrogen-bond donors (Lipinski definition) is 1. The summed E-state index contributed by atoms with van der Waals surface area (Å²) in [6, 6.07) is 43.2. The first-order chi connectivity index (χ1) is 20.2. The molecule has 3 nitrogen and oxygen atoms in total. The minimum atomic E-state index is 0.686. The van der Waals surface area contributed by atoms with Crippen molar-refractivity contribution in [2.45, 2.75) is 6.42 Å². The maximum atomic E-state index is 6.21. The van der Waals surface area contributed by atoms with Gasteiger partial charge in [0.1, 0.15) is 16.7 Å². The Bertz CT molecular complexity index is 2240. The van der Waals surface area contributed by atoms with Gasteiger partial charge in [-0.3, -0.25) is 0 Å². The highest BCUT2D eigenvalue weighted by atomic mass is 35.5. The number of nitrogens with one attached hydrogen (secondary N) is 1. The molecule has 0 fully saturated rings. The standard InChI is InChI=1S/C19H12O.C18H12ClNO/c1-2-6-13-12(5-1)11-17-14(13)9-10-16-15-7-3-4-8-18(15)20-19(16)17;19-14-8-2-3-9-15(14)20-16-10-5-7-13-12-6-1-4-11-17(12)21-18(13)16/h1-10H,11H2;1-11,20H. The molecule has 196 valence electrons. The molecule has 0 spiro atoms. The van der Waals surface area contributed by atoms with Gasteiger partial charge in [0.15, 0.2) is 5.58 Å². The van der Waals surface area contributed by atoms with E-state index in [0.29, 0.717) is 5.02 Å². The van der Waals surface area contributed by atoms with Crippen LogP contribution in [-0.2, 0) is 6.42 Å².